The van der Waals surface area contributed by atoms with Crippen molar-refractivity contribution >= 4 is 23.1 Å². The number of hydrogen-bond donors (Lipinski definition) is 1. The minimum absolute atomic E-state index is 0.118. The molecule has 3 aromatic carbocycles. The predicted octanol–water partition coefficient (Wildman–Crippen LogP) is 5.86. The van der Waals surface area contributed by atoms with E-state index in [-0.39, 0.29) is 6.42 Å². The van der Waals surface area contributed by atoms with Crippen molar-refractivity contribution in [1.29, 1.82) is 0 Å². The average molecular weight is 530 g/mol. The Morgan fingerprint density at radius 3 is 2.39 bits per heavy atom. The van der Waals surface area contributed by atoms with E-state index in [0.717, 1.165) is 72.0 Å². The lowest BCUT2D eigenvalue weighted by Crippen LogP contribution is -2.36. The van der Waals surface area contributed by atoms with E-state index in [2.05, 4.69) is 34.9 Å². The van der Waals surface area contributed by atoms with Gasteiger partial charge in [0.2, 0.25) is 0 Å². The van der Waals surface area contributed by atoms with Gasteiger partial charge < -0.3 is 14.6 Å². The van der Waals surface area contributed by atoms with Crippen LogP contribution in [0.5, 0.6) is 5.75 Å². The first-order valence-electron chi connectivity index (χ1n) is 12.8. The molecule has 1 heterocycles. The quantitative estimate of drug-likeness (QED) is 0.352. The van der Waals surface area contributed by atoms with Crippen LogP contribution in [0.3, 0.4) is 0 Å². The zero-order chi connectivity index (χ0) is 26.7. The third-order valence-corrected chi connectivity index (χ3v) is 6.70. The minimum atomic E-state index is -0.794. The number of aliphatic carboxylic acids is 1. The third kappa shape index (κ3) is 8.22. The number of hydrogen-bond acceptors (Lipinski definition) is 4. The molecule has 3 aromatic rings. The van der Waals surface area contributed by atoms with Gasteiger partial charge in [-0.1, -0.05) is 53.8 Å². The first-order chi connectivity index (χ1) is 18.5. The minimum Gasteiger partial charge on any atom is -0.490 e. The normalized spacial score (nSPS) is 14.0. The second kappa shape index (κ2) is 13.8. The fraction of sp³-hybridized carbons (Fsp3) is 0.281. The maximum atomic E-state index is 10.9. The van der Waals surface area contributed by atoms with Gasteiger partial charge in [-0.25, -0.2) is 0 Å². The molecule has 38 heavy (non-hydrogen) atoms. The Bertz CT molecular complexity index is 1310. The highest BCUT2D eigenvalue weighted by molar-refractivity contribution is 6.30. The Balaban J connectivity index is 1.46. The molecule has 0 aromatic heterocycles. The molecule has 6 heteroatoms. The van der Waals surface area contributed by atoms with Crippen molar-refractivity contribution in [3.05, 3.63) is 106 Å². The maximum Gasteiger partial charge on any atom is 0.303 e. The Morgan fingerprint density at radius 2 is 1.74 bits per heavy atom. The average Bonchev–Trinajstić information content (AvgIpc) is 2.92. The zero-order valence-electron chi connectivity index (χ0n) is 21.6. The van der Waals surface area contributed by atoms with Gasteiger partial charge in [0.15, 0.2) is 0 Å². The van der Waals surface area contributed by atoms with Crippen LogP contribution in [0.25, 0.3) is 5.57 Å². The lowest BCUT2D eigenvalue weighted by molar-refractivity contribution is -0.136. The molecule has 196 valence electrons. The van der Waals surface area contributed by atoms with Gasteiger partial charge in [0.1, 0.15) is 12.4 Å². The van der Waals surface area contributed by atoms with E-state index in [1.165, 1.54) is 0 Å². The van der Waals surface area contributed by atoms with Crippen LogP contribution in [-0.4, -0.2) is 55.4 Å². The second-order valence-electron chi connectivity index (χ2n) is 9.19. The lowest BCUT2D eigenvalue weighted by Gasteiger charge is -2.24. The number of morpholine rings is 1. The maximum absolute atomic E-state index is 10.9. The third-order valence-electron chi connectivity index (χ3n) is 6.45. The smallest absolute Gasteiger partial charge is 0.303 e. The molecule has 1 aliphatic rings. The van der Waals surface area contributed by atoms with E-state index < -0.39 is 5.97 Å². The molecule has 0 atom stereocenters. The molecule has 0 radical (unpaired) electrons. The van der Waals surface area contributed by atoms with Gasteiger partial charge in [0, 0.05) is 30.1 Å². The van der Waals surface area contributed by atoms with Crippen molar-refractivity contribution in [2.45, 2.75) is 19.8 Å². The molecule has 1 saturated heterocycles. The molecule has 0 unspecified atom stereocenters. The first kappa shape index (κ1) is 27.5. The van der Waals surface area contributed by atoms with Crippen LogP contribution in [0, 0.1) is 18.8 Å². The Labute approximate surface area is 229 Å². The van der Waals surface area contributed by atoms with Gasteiger partial charge in [-0.2, -0.15) is 0 Å². The molecular weight excluding hydrogens is 498 g/mol. The van der Waals surface area contributed by atoms with E-state index in [9.17, 15) is 4.79 Å². The van der Waals surface area contributed by atoms with Crippen molar-refractivity contribution in [3.63, 3.8) is 0 Å². The molecule has 0 aliphatic carbocycles. The number of rotatable bonds is 9. The Hall–Kier alpha value is -3.56. The number of carbonyl (C=O) groups is 1. The summed E-state index contributed by atoms with van der Waals surface area (Å²) in [5.74, 6) is 6.50. The standard InChI is InChI=1S/C32H32ClNO4/c1-24-23-30(14-10-26(24)11-15-32(35)36)38-20-16-31(28-8-12-29(33)13-9-28)27-6-4-25(5-7-27)3-2-17-34-18-21-37-22-19-34/h4-10,12-14,16,23H,11,15,17-22H2,1H3,(H,35,36)/b31-16+. The van der Waals surface area contributed by atoms with E-state index in [0.29, 0.717) is 18.1 Å². The van der Waals surface area contributed by atoms with Gasteiger partial charge in [0.25, 0.3) is 0 Å². The van der Waals surface area contributed by atoms with Crippen molar-refractivity contribution in [2.24, 2.45) is 0 Å². The molecule has 0 saturated carbocycles. The van der Waals surface area contributed by atoms with Gasteiger partial charge in [-0.15, -0.1) is 0 Å². The van der Waals surface area contributed by atoms with E-state index in [1.807, 2.05) is 61.5 Å². The van der Waals surface area contributed by atoms with E-state index in [4.69, 9.17) is 26.2 Å². The fourth-order valence-corrected chi connectivity index (χ4v) is 4.41. The van der Waals surface area contributed by atoms with Crippen LogP contribution in [0.4, 0.5) is 0 Å². The molecule has 1 aliphatic heterocycles. The van der Waals surface area contributed by atoms with Crippen molar-refractivity contribution < 1.29 is 19.4 Å². The number of nitrogens with zero attached hydrogens (tertiary/aromatic N) is 1. The van der Waals surface area contributed by atoms with Gasteiger partial charge in [-0.3, -0.25) is 9.69 Å². The molecule has 0 amide bonds. The molecule has 1 fully saturated rings. The van der Waals surface area contributed by atoms with Crippen LogP contribution in [0.2, 0.25) is 5.02 Å². The highest BCUT2D eigenvalue weighted by Crippen LogP contribution is 2.26. The van der Waals surface area contributed by atoms with Crippen molar-refractivity contribution in [2.75, 3.05) is 39.5 Å². The summed E-state index contributed by atoms with van der Waals surface area (Å²) in [6.45, 7) is 6.52. The number of carboxylic acid groups (broad SMARTS) is 1. The Morgan fingerprint density at radius 1 is 1.05 bits per heavy atom. The van der Waals surface area contributed by atoms with Crippen LogP contribution in [0.15, 0.2) is 72.8 Å². The summed E-state index contributed by atoms with van der Waals surface area (Å²) in [5, 5.41) is 9.63. The number of carboxylic acids is 1. The van der Waals surface area contributed by atoms with Gasteiger partial charge in [-0.05, 0) is 83.6 Å². The SMILES string of the molecule is Cc1cc(OC/C=C(/c2ccc(Cl)cc2)c2ccc(C#CCN3CCOCC3)cc2)ccc1CCC(=O)O. The number of ether oxygens (including phenoxy) is 2. The molecule has 0 bridgehead atoms. The highest BCUT2D eigenvalue weighted by Gasteiger charge is 2.09. The van der Waals surface area contributed by atoms with Crippen LogP contribution >= 0.6 is 11.6 Å². The Kier molecular flexibility index (Phi) is 10.0. The number of halogens is 1. The summed E-state index contributed by atoms with van der Waals surface area (Å²) in [7, 11) is 0. The fourth-order valence-electron chi connectivity index (χ4n) is 4.28. The van der Waals surface area contributed by atoms with E-state index in [1.54, 1.807) is 0 Å². The molecule has 5 nitrogen and oxygen atoms in total. The molecule has 0 spiro atoms. The monoisotopic (exact) mass is 529 g/mol. The lowest BCUT2D eigenvalue weighted by atomic mass is 9.97. The summed E-state index contributed by atoms with van der Waals surface area (Å²) >= 11 is 6.14. The number of aryl methyl sites for hydroxylation is 2. The van der Waals surface area contributed by atoms with Crippen LogP contribution in [-0.2, 0) is 16.0 Å². The summed E-state index contributed by atoms with van der Waals surface area (Å²) < 4.78 is 11.4. The van der Waals surface area contributed by atoms with Crippen LogP contribution < -0.4 is 4.74 Å². The first-order valence-corrected chi connectivity index (χ1v) is 13.2. The molecular formula is C32H32ClNO4. The predicted molar refractivity (Wildman–Crippen MR) is 152 cm³/mol. The summed E-state index contributed by atoms with van der Waals surface area (Å²) in [5.41, 5.74) is 6.18. The van der Waals surface area contributed by atoms with Gasteiger partial charge >= 0.3 is 5.97 Å². The van der Waals surface area contributed by atoms with E-state index >= 15 is 0 Å². The van der Waals surface area contributed by atoms with Crippen LogP contribution in [0.1, 0.15) is 34.2 Å². The number of benzene rings is 3. The zero-order valence-corrected chi connectivity index (χ0v) is 22.3. The second-order valence-corrected chi connectivity index (χ2v) is 9.62. The van der Waals surface area contributed by atoms with Gasteiger partial charge in [0.05, 0.1) is 19.8 Å². The van der Waals surface area contributed by atoms with Crippen molar-refractivity contribution in [3.8, 4) is 17.6 Å². The summed E-state index contributed by atoms with van der Waals surface area (Å²) in [6.07, 6.45) is 2.69. The highest BCUT2D eigenvalue weighted by atomic mass is 35.5. The summed E-state index contributed by atoms with van der Waals surface area (Å²) in [4.78, 5) is 13.2. The molecule has 4 rings (SSSR count). The topological polar surface area (TPSA) is 59.0 Å². The molecule has 1 N–H and O–H groups in total. The largest absolute Gasteiger partial charge is 0.490 e. The summed E-state index contributed by atoms with van der Waals surface area (Å²) in [6, 6.07) is 21.8. The van der Waals surface area contributed by atoms with Crippen molar-refractivity contribution in [1.82, 2.24) is 4.90 Å².